The van der Waals surface area contributed by atoms with Gasteiger partial charge in [-0.05, 0) is 65.2 Å². The Kier molecular flexibility index (Phi) is 6.32. The van der Waals surface area contributed by atoms with Crippen molar-refractivity contribution in [1.82, 2.24) is 40.2 Å². The maximum absolute atomic E-state index is 13.4. The molecule has 0 aliphatic carbocycles. The third kappa shape index (κ3) is 4.31. The molecule has 192 valence electrons. The summed E-state index contributed by atoms with van der Waals surface area (Å²) < 4.78 is 3.26. The van der Waals surface area contributed by atoms with Crippen molar-refractivity contribution in [2.24, 2.45) is 0 Å². The zero-order valence-electron chi connectivity index (χ0n) is 19.7. The van der Waals surface area contributed by atoms with E-state index in [1.54, 1.807) is 34.9 Å². The number of benzene rings is 1. The Morgan fingerprint density at radius 1 is 1.21 bits per heavy atom. The second kappa shape index (κ2) is 9.80. The van der Waals surface area contributed by atoms with E-state index in [1.807, 2.05) is 12.1 Å². The van der Waals surface area contributed by atoms with Gasteiger partial charge >= 0.3 is 0 Å². The summed E-state index contributed by atoms with van der Waals surface area (Å²) in [5, 5.41) is 12.2. The molecule has 1 amide bonds. The summed E-state index contributed by atoms with van der Waals surface area (Å²) in [5.74, 6) is 0.224. The minimum absolute atomic E-state index is 0.175. The van der Waals surface area contributed by atoms with E-state index in [0.29, 0.717) is 45.5 Å². The summed E-state index contributed by atoms with van der Waals surface area (Å²) in [6.45, 7) is 0. The molecule has 6 rings (SSSR count). The van der Waals surface area contributed by atoms with Gasteiger partial charge in [-0.3, -0.25) is 14.4 Å². The molecule has 0 bridgehead atoms. The van der Waals surface area contributed by atoms with Gasteiger partial charge in [0.05, 0.1) is 34.3 Å². The van der Waals surface area contributed by atoms with Crippen molar-refractivity contribution in [3.05, 3.63) is 85.7 Å². The number of H-pyrrole nitrogens is 1. The number of hydrogen-bond donors (Lipinski definition) is 2. The number of halogens is 2. The Bertz CT molecular complexity index is 1730. The molecule has 0 fully saturated rings. The summed E-state index contributed by atoms with van der Waals surface area (Å²) in [6.07, 6.45) is 2.83. The molecule has 5 heterocycles. The Morgan fingerprint density at radius 3 is 2.87 bits per heavy atom. The summed E-state index contributed by atoms with van der Waals surface area (Å²) in [4.78, 5) is 39.2. The SMILES string of the molecule is CONC(=O)c1ccc(-c2[nH]c([C@@H]3CCc4cc(-c5cc(Cl)ccc5-n5cnnn5)cc(=O)n43)nc2Cl)s1. The van der Waals surface area contributed by atoms with Crippen LogP contribution in [0.2, 0.25) is 10.2 Å². The number of fused-ring (bicyclic) bond motifs is 1. The highest BCUT2D eigenvalue weighted by molar-refractivity contribution is 7.17. The second-order valence-electron chi connectivity index (χ2n) is 8.50. The fourth-order valence-electron chi connectivity index (χ4n) is 4.65. The number of rotatable bonds is 6. The Balaban J connectivity index is 1.35. The number of carbonyl (C=O) groups excluding carboxylic acids is 1. The highest BCUT2D eigenvalue weighted by atomic mass is 35.5. The van der Waals surface area contributed by atoms with Gasteiger partial charge in [-0.25, -0.2) is 10.5 Å². The zero-order valence-corrected chi connectivity index (χ0v) is 22.0. The molecular weight excluding hydrogens is 551 g/mol. The number of tetrazole rings is 1. The molecule has 1 aliphatic heterocycles. The van der Waals surface area contributed by atoms with E-state index in [0.717, 1.165) is 16.1 Å². The van der Waals surface area contributed by atoms with Crippen LogP contribution in [0.3, 0.4) is 0 Å². The predicted octanol–water partition coefficient (Wildman–Crippen LogP) is 4.08. The van der Waals surface area contributed by atoms with Gasteiger partial charge in [0.1, 0.15) is 12.2 Å². The molecule has 0 saturated heterocycles. The highest BCUT2D eigenvalue weighted by Crippen LogP contribution is 2.37. The minimum Gasteiger partial charge on any atom is -0.338 e. The normalized spacial score (nSPS) is 14.6. The van der Waals surface area contributed by atoms with E-state index < -0.39 is 0 Å². The average molecular weight is 569 g/mol. The number of nitrogens with zero attached hydrogens (tertiary/aromatic N) is 6. The van der Waals surface area contributed by atoms with Crippen LogP contribution >= 0.6 is 34.5 Å². The summed E-state index contributed by atoms with van der Waals surface area (Å²) in [6, 6.07) is 12.1. The monoisotopic (exact) mass is 568 g/mol. The largest absolute Gasteiger partial charge is 0.338 e. The first-order valence-electron chi connectivity index (χ1n) is 11.4. The van der Waals surface area contributed by atoms with Crippen molar-refractivity contribution >= 4 is 40.4 Å². The maximum Gasteiger partial charge on any atom is 0.284 e. The predicted molar refractivity (Wildman–Crippen MR) is 142 cm³/mol. The van der Waals surface area contributed by atoms with E-state index in [1.165, 1.54) is 29.5 Å². The number of nitrogens with one attached hydrogen (secondary N) is 2. The van der Waals surface area contributed by atoms with Crippen LogP contribution in [0.1, 0.15) is 33.7 Å². The molecule has 2 N–H and O–H groups in total. The number of aromatic nitrogens is 7. The number of imidazole rings is 1. The lowest BCUT2D eigenvalue weighted by Gasteiger charge is -2.15. The van der Waals surface area contributed by atoms with Gasteiger partial charge in [-0.2, -0.15) is 4.68 Å². The van der Waals surface area contributed by atoms with Crippen LogP contribution in [0.5, 0.6) is 0 Å². The van der Waals surface area contributed by atoms with Crippen LogP contribution in [0.4, 0.5) is 0 Å². The summed E-state index contributed by atoms with van der Waals surface area (Å²) in [5.41, 5.74) is 5.73. The number of aromatic amines is 1. The maximum atomic E-state index is 13.4. The lowest BCUT2D eigenvalue weighted by molar-refractivity contribution is 0.0542. The first kappa shape index (κ1) is 24.5. The van der Waals surface area contributed by atoms with E-state index in [4.69, 9.17) is 28.0 Å². The zero-order chi connectivity index (χ0) is 26.4. The van der Waals surface area contributed by atoms with Crippen molar-refractivity contribution < 1.29 is 9.63 Å². The van der Waals surface area contributed by atoms with Gasteiger partial charge in [0, 0.05) is 22.3 Å². The van der Waals surface area contributed by atoms with Gasteiger partial charge in [0.25, 0.3) is 11.5 Å². The standard InChI is InChI=1S/C24H18Cl2N8O3S/c1-37-30-24(36)19-7-6-18(38-19)21-22(26)29-23(28-21)17-5-3-14-8-12(9-20(35)34(14)17)15-10-13(25)2-4-16(15)33-11-27-31-32-33/h2,4,6-11,17H,3,5H2,1H3,(H,28,29)(H,30,36)/t17-/m0/s1. The van der Waals surface area contributed by atoms with Crippen molar-refractivity contribution in [2.45, 2.75) is 18.9 Å². The Morgan fingerprint density at radius 2 is 2.08 bits per heavy atom. The molecule has 4 aromatic heterocycles. The van der Waals surface area contributed by atoms with Crippen molar-refractivity contribution in [3.8, 4) is 27.4 Å². The van der Waals surface area contributed by atoms with Crippen LogP contribution in [0, 0.1) is 0 Å². The molecule has 0 radical (unpaired) electrons. The highest BCUT2D eigenvalue weighted by Gasteiger charge is 2.29. The first-order chi connectivity index (χ1) is 18.4. The average Bonchev–Trinajstić information content (AvgIpc) is 3.70. The number of carbonyl (C=O) groups is 1. The number of amides is 1. The van der Waals surface area contributed by atoms with Crippen LogP contribution in [-0.2, 0) is 11.3 Å². The number of thiophene rings is 1. The third-order valence-electron chi connectivity index (χ3n) is 6.26. The van der Waals surface area contributed by atoms with Crippen LogP contribution in [-0.4, -0.2) is 47.8 Å². The molecule has 14 heteroatoms. The van der Waals surface area contributed by atoms with Gasteiger partial charge in [-0.15, -0.1) is 16.4 Å². The van der Waals surface area contributed by atoms with Gasteiger partial charge in [0.2, 0.25) is 0 Å². The smallest absolute Gasteiger partial charge is 0.284 e. The molecule has 1 aliphatic rings. The van der Waals surface area contributed by atoms with Gasteiger partial charge < -0.3 is 9.55 Å². The molecule has 0 spiro atoms. The topological polar surface area (TPSA) is 133 Å². The van der Waals surface area contributed by atoms with Gasteiger partial charge in [0.15, 0.2) is 5.15 Å². The van der Waals surface area contributed by atoms with E-state index in [9.17, 15) is 9.59 Å². The lowest BCUT2D eigenvalue weighted by Crippen LogP contribution is -2.24. The molecule has 0 unspecified atom stereocenters. The number of hydroxylamine groups is 1. The molecule has 1 aromatic carbocycles. The number of hydrogen-bond acceptors (Lipinski definition) is 8. The van der Waals surface area contributed by atoms with Crippen LogP contribution in [0.15, 0.2) is 53.6 Å². The van der Waals surface area contributed by atoms with Crippen LogP contribution < -0.4 is 11.0 Å². The molecular formula is C24H18Cl2N8O3S. The fraction of sp³-hybridized carbons (Fsp3) is 0.167. The third-order valence-corrected chi connectivity index (χ3v) is 7.87. The summed E-state index contributed by atoms with van der Waals surface area (Å²) in [7, 11) is 1.37. The molecule has 5 aromatic rings. The molecule has 38 heavy (non-hydrogen) atoms. The Labute approximate surface area is 229 Å². The van der Waals surface area contributed by atoms with Crippen LogP contribution in [0.25, 0.3) is 27.4 Å². The van der Waals surface area contributed by atoms with Crippen molar-refractivity contribution in [3.63, 3.8) is 0 Å². The Hall–Kier alpha value is -3.84. The molecule has 1 atom stereocenters. The lowest BCUT2D eigenvalue weighted by atomic mass is 10.0. The second-order valence-corrected chi connectivity index (χ2v) is 10.4. The van der Waals surface area contributed by atoms with E-state index >= 15 is 0 Å². The summed E-state index contributed by atoms with van der Waals surface area (Å²) >= 11 is 14.0. The fourth-order valence-corrected chi connectivity index (χ4v) is 6.01. The van der Waals surface area contributed by atoms with E-state index in [2.05, 4.69) is 31.0 Å². The number of aryl methyl sites for hydroxylation is 1. The quantitative estimate of drug-likeness (QED) is 0.295. The number of pyridine rings is 1. The molecule has 0 saturated carbocycles. The van der Waals surface area contributed by atoms with Crippen molar-refractivity contribution in [1.29, 1.82) is 0 Å². The van der Waals surface area contributed by atoms with E-state index in [-0.39, 0.29) is 22.7 Å². The molecule has 11 nitrogen and oxygen atoms in total. The van der Waals surface area contributed by atoms with Gasteiger partial charge in [-0.1, -0.05) is 23.2 Å². The first-order valence-corrected chi connectivity index (χ1v) is 13.0. The van der Waals surface area contributed by atoms with Crippen molar-refractivity contribution in [2.75, 3.05) is 7.11 Å². The minimum atomic E-state index is -0.352.